The van der Waals surface area contributed by atoms with Gasteiger partial charge in [-0.1, -0.05) is 0 Å². The first-order valence-corrected chi connectivity index (χ1v) is 12.2. The molecule has 0 heterocycles. The molecule has 13 heteroatoms. The number of benzene rings is 1. The zero-order valence-corrected chi connectivity index (χ0v) is 21.1. The van der Waals surface area contributed by atoms with Crippen molar-refractivity contribution in [3.05, 3.63) is 39.9 Å². The van der Waals surface area contributed by atoms with E-state index in [0.29, 0.717) is 31.7 Å². The molecule has 0 aliphatic heterocycles. The van der Waals surface area contributed by atoms with E-state index in [9.17, 15) is 24.3 Å². The number of nitrogens with zero attached hydrogens (tertiary/aromatic N) is 2. The van der Waals surface area contributed by atoms with Gasteiger partial charge in [-0.3, -0.25) is 24.6 Å². The first-order valence-electron chi connectivity index (χ1n) is 11.2. The monoisotopic (exact) mass is 502 g/mol. The highest BCUT2D eigenvalue weighted by Gasteiger charge is 2.38. The van der Waals surface area contributed by atoms with Gasteiger partial charge in [-0.05, 0) is 32.9 Å². The molecular formula is C21H35N4O8P. The van der Waals surface area contributed by atoms with E-state index < -0.39 is 18.8 Å². The molecule has 0 spiro atoms. The molecule has 0 radical (unpaired) electrons. The molecule has 2 atom stereocenters. The van der Waals surface area contributed by atoms with Crippen LogP contribution >= 0.6 is 8.46 Å². The van der Waals surface area contributed by atoms with Gasteiger partial charge in [-0.2, -0.15) is 0 Å². The summed E-state index contributed by atoms with van der Waals surface area (Å²) in [6, 6.07) is 5.75. The summed E-state index contributed by atoms with van der Waals surface area (Å²) in [7, 11) is -1.55. The van der Waals surface area contributed by atoms with Crippen molar-refractivity contribution >= 4 is 26.1 Å². The maximum atomic E-state index is 12.6. The third-order valence-electron chi connectivity index (χ3n) is 4.75. The Morgan fingerprint density at radius 3 is 1.85 bits per heavy atom. The molecule has 0 amide bonds. The van der Waals surface area contributed by atoms with Gasteiger partial charge in [0, 0.05) is 50.5 Å². The topological polar surface area (TPSA) is 149 Å². The molecular weight excluding hydrogens is 467 g/mol. The summed E-state index contributed by atoms with van der Waals surface area (Å²) in [4.78, 5) is 35.6. The van der Waals surface area contributed by atoms with Crippen molar-refractivity contribution in [3.63, 3.8) is 0 Å². The van der Waals surface area contributed by atoms with Crippen molar-refractivity contribution in [1.82, 2.24) is 15.5 Å². The zero-order chi connectivity index (χ0) is 25.4. The summed E-state index contributed by atoms with van der Waals surface area (Å²) in [6.07, 6.45) is 0. The molecule has 0 saturated heterocycles. The average Bonchev–Trinajstić information content (AvgIpc) is 2.82. The van der Waals surface area contributed by atoms with E-state index in [4.69, 9.17) is 14.2 Å². The Morgan fingerprint density at radius 2 is 1.47 bits per heavy atom. The molecule has 0 saturated carbocycles. The molecule has 1 aromatic carbocycles. The number of nitrogens with one attached hydrogen (secondary N) is 2. The third kappa shape index (κ3) is 9.47. The fraction of sp³-hybridized carbons (Fsp3) is 0.619. The van der Waals surface area contributed by atoms with Crippen LogP contribution in [0, 0.1) is 10.1 Å². The van der Waals surface area contributed by atoms with Crippen molar-refractivity contribution in [2.45, 2.75) is 26.2 Å². The van der Waals surface area contributed by atoms with Gasteiger partial charge in [0.05, 0.1) is 31.2 Å². The van der Waals surface area contributed by atoms with Gasteiger partial charge in [-0.15, -0.1) is 0 Å². The predicted molar refractivity (Wildman–Crippen MR) is 127 cm³/mol. The molecule has 0 aliphatic carbocycles. The Balaban J connectivity index is 3.06. The van der Waals surface area contributed by atoms with Crippen LogP contribution in [-0.4, -0.2) is 80.9 Å². The van der Waals surface area contributed by atoms with E-state index in [2.05, 4.69) is 10.6 Å². The van der Waals surface area contributed by atoms with Gasteiger partial charge < -0.3 is 29.4 Å². The summed E-state index contributed by atoms with van der Waals surface area (Å²) < 4.78 is 28.5. The van der Waals surface area contributed by atoms with Crippen molar-refractivity contribution in [2.75, 3.05) is 59.1 Å². The summed E-state index contributed by atoms with van der Waals surface area (Å²) in [5.74, 6) is -0.767. The van der Waals surface area contributed by atoms with Crippen LogP contribution in [0.15, 0.2) is 24.3 Å². The lowest BCUT2D eigenvalue weighted by Gasteiger charge is -2.40. The van der Waals surface area contributed by atoms with Gasteiger partial charge >= 0.3 is 11.9 Å². The second-order valence-electron chi connectivity index (χ2n) is 7.00. The van der Waals surface area contributed by atoms with Gasteiger partial charge in [0.1, 0.15) is 8.46 Å². The summed E-state index contributed by atoms with van der Waals surface area (Å²) in [5, 5.41) is 17.0. The van der Waals surface area contributed by atoms with Gasteiger partial charge in [0.25, 0.3) is 5.69 Å². The van der Waals surface area contributed by atoms with Crippen molar-refractivity contribution in [1.29, 1.82) is 0 Å². The minimum absolute atomic E-state index is 0.0200. The maximum Gasteiger partial charge on any atom is 0.319 e. The highest BCUT2D eigenvalue weighted by Crippen LogP contribution is 2.40. The summed E-state index contributed by atoms with van der Waals surface area (Å²) in [5.41, 5.74) is -0.893. The molecule has 12 nitrogen and oxygen atoms in total. The quantitative estimate of drug-likeness (QED) is 0.0742. The number of hydrogen-bond donors (Lipinski definition) is 2. The Hall–Kier alpha value is -2.37. The Kier molecular flexibility index (Phi) is 14.2. The first-order chi connectivity index (χ1) is 16.3. The van der Waals surface area contributed by atoms with E-state index in [1.807, 2.05) is 4.90 Å². The van der Waals surface area contributed by atoms with Crippen LogP contribution in [0.25, 0.3) is 0 Å². The molecule has 1 rings (SSSR count). The smallest absolute Gasteiger partial charge is 0.319 e. The molecule has 2 N–H and O–H groups in total. The molecule has 0 aliphatic rings. The fourth-order valence-electron chi connectivity index (χ4n) is 3.25. The average molecular weight is 503 g/mol. The van der Waals surface area contributed by atoms with Crippen LogP contribution in [0.5, 0.6) is 0 Å². The van der Waals surface area contributed by atoms with Gasteiger partial charge in [0.15, 0.2) is 5.47 Å². The normalized spacial score (nSPS) is 13.2. The van der Waals surface area contributed by atoms with E-state index in [1.165, 1.54) is 24.3 Å². The number of nitro benzene ring substituents is 1. The maximum absolute atomic E-state index is 12.6. The highest BCUT2D eigenvalue weighted by atomic mass is 31.1. The molecule has 0 fully saturated rings. The van der Waals surface area contributed by atoms with E-state index in [-0.39, 0.29) is 50.5 Å². The van der Waals surface area contributed by atoms with Crippen LogP contribution in [0.4, 0.5) is 5.69 Å². The second kappa shape index (κ2) is 16.3. The minimum atomic E-state index is -1.55. The molecule has 0 bridgehead atoms. The van der Waals surface area contributed by atoms with Gasteiger partial charge in [0.2, 0.25) is 0 Å². The fourth-order valence-corrected chi connectivity index (χ4v) is 4.22. The minimum Gasteiger partial charge on any atom is -0.465 e. The number of carbonyl (C=O) groups is 2. The SMILES string of the molecule is CCOC(=O)CNCCN(CCNCC(=O)OCC)C(OCC)([PH2]=O)c1ccc([N+](=O)[O-])cc1. The van der Waals surface area contributed by atoms with Crippen molar-refractivity contribution in [3.8, 4) is 0 Å². The van der Waals surface area contributed by atoms with Crippen LogP contribution in [0.2, 0.25) is 0 Å². The lowest BCUT2D eigenvalue weighted by Crippen LogP contribution is -2.50. The predicted octanol–water partition coefficient (Wildman–Crippen LogP) is 1.11. The van der Waals surface area contributed by atoms with E-state index >= 15 is 0 Å². The standard InChI is InChI=1S/C21H35N4O8P/c1-4-31-19(26)15-22-11-13-24(14-12-23-16-20(27)32-5-2)21(34-30,33-6-3)17-7-9-18(10-8-17)25(28)29/h7-10,22-23H,4-6,11-16,34H2,1-3H3. The molecule has 1 aromatic rings. The zero-order valence-electron chi connectivity index (χ0n) is 19.9. The van der Waals surface area contributed by atoms with Gasteiger partial charge in [-0.25, -0.2) is 0 Å². The van der Waals surface area contributed by atoms with Crippen LogP contribution < -0.4 is 10.6 Å². The number of hydrogen-bond acceptors (Lipinski definition) is 11. The van der Waals surface area contributed by atoms with Crippen molar-refractivity contribution < 1.29 is 33.3 Å². The molecule has 2 unspecified atom stereocenters. The number of rotatable bonds is 18. The Morgan fingerprint density at radius 1 is 0.971 bits per heavy atom. The van der Waals surface area contributed by atoms with E-state index in [0.717, 1.165) is 0 Å². The molecule has 192 valence electrons. The Bertz CT molecular complexity index is 769. The third-order valence-corrected chi connectivity index (χ3v) is 5.94. The van der Waals surface area contributed by atoms with Crippen molar-refractivity contribution in [2.24, 2.45) is 0 Å². The Labute approximate surface area is 200 Å². The summed E-state index contributed by atoms with van der Waals surface area (Å²) in [6.45, 7) is 7.47. The van der Waals surface area contributed by atoms with Crippen LogP contribution in [-0.2, 0) is 33.8 Å². The highest BCUT2D eigenvalue weighted by molar-refractivity contribution is 7.25. The number of ether oxygens (including phenoxy) is 3. The molecule has 34 heavy (non-hydrogen) atoms. The summed E-state index contributed by atoms with van der Waals surface area (Å²) >= 11 is 0. The number of non-ortho nitro benzene ring substituents is 1. The number of nitro groups is 1. The number of carbonyl (C=O) groups excluding carboxylic acids is 2. The largest absolute Gasteiger partial charge is 0.465 e. The van der Waals surface area contributed by atoms with E-state index in [1.54, 1.807) is 20.8 Å². The lowest BCUT2D eigenvalue weighted by atomic mass is 10.1. The molecule has 0 aromatic heterocycles. The van der Waals surface area contributed by atoms with Crippen LogP contribution in [0.3, 0.4) is 0 Å². The van der Waals surface area contributed by atoms with Crippen LogP contribution in [0.1, 0.15) is 26.3 Å². The lowest BCUT2D eigenvalue weighted by molar-refractivity contribution is -0.384. The number of esters is 2. The first kappa shape index (κ1) is 29.7. The second-order valence-corrected chi connectivity index (χ2v) is 8.02.